The van der Waals surface area contributed by atoms with E-state index in [1.54, 1.807) is 28.6 Å². The number of hydrogen-bond acceptors (Lipinski definition) is 7. The Morgan fingerprint density at radius 1 is 0.872 bits per heavy atom. The van der Waals surface area contributed by atoms with Gasteiger partial charge in [-0.15, -0.1) is 0 Å². The molecular weight excluding hydrogens is 611 g/mol. The van der Waals surface area contributed by atoms with Gasteiger partial charge in [0.15, 0.2) is 5.69 Å². The first-order valence-electron chi connectivity index (χ1n) is 15.7. The van der Waals surface area contributed by atoms with Gasteiger partial charge >= 0.3 is 11.9 Å². The summed E-state index contributed by atoms with van der Waals surface area (Å²) in [6.07, 6.45) is -0.521. The summed E-state index contributed by atoms with van der Waals surface area (Å²) in [5.41, 5.74) is 1.84. The molecule has 2 fully saturated rings. The zero-order chi connectivity index (χ0) is 32.7. The Bertz CT molecular complexity index is 1930. The van der Waals surface area contributed by atoms with E-state index in [-0.39, 0.29) is 23.4 Å². The van der Waals surface area contributed by atoms with E-state index in [1.165, 1.54) is 11.8 Å². The van der Waals surface area contributed by atoms with Gasteiger partial charge in [0, 0.05) is 39.3 Å². The summed E-state index contributed by atoms with van der Waals surface area (Å²) < 4.78 is 50.9. The molecule has 5 aromatic rings. The lowest BCUT2D eigenvalue weighted by Crippen LogP contribution is -2.38. The number of alkyl halides is 3. The van der Waals surface area contributed by atoms with Crippen LogP contribution in [0.2, 0.25) is 0 Å². The third-order valence-corrected chi connectivity index (χ3v) is 9.28. The lowest BCUT2D eigenvalue weighted by molar-refractivity contribution is -0.141. The van der Waals surface area contributed by atoms with Gasteiger partial charge < -0.3 is 19.5 Å². The molecule has 0 spiro atoms. The van der Waals surface area contributed by atoms with E-state index in [9.17, 15) is 22.8 Å². The zero-order valence-electron chi connectivity index (χ0n) is 25.8. The van der Waals surface area contributed by atoms with Gasteiger partial charge in [-0.25, -0.2) is 9.78 Å². The predicted molar refractivity (Wildman–Crippen MR) is 172 cm³/mol. The molecule has 0 bridgehead atoms. The number of fused-ring (bicyclic) bond motifs is 1. The Morgan fingerprint density at radius 2 is 1.53 bits per heavy atom. The van der Waals surface area contributed by atoms with Crippen molar-refractivity contribution in [2.45, 2.75) is 43.8 Å². The molecule has 5 heterocycles. The summed E-state index contributed by atoms with van der Waals surface area (Å²) in [6, 6.07) is 20.9. The van der Waals surface area contributed by atoms with Crippen LogP contribution in [0.4, 0.5) is 30.7 Å². The maximum absolute atomic E-state index is 13.9. The lowest BCUT2D eigenvalue weighted by Gasteiger charge is -2.33. The number of hydrogen-bond donors (Lipinski definition) is 1. The van der Waals surface area contributed by atoms with Crippen molar-refractivity contribution in [1.29, 1.82) is 0 Å². The predicted octanol–water partition coefficient (Wildman–Crippen LogP) is 6.22. The average molecular weight is 646 g/mol. The molecule has 2 aliphatic heterocycles. The average Bonchev–Trinajstić information content (AvgIpc) is 3.66. The molecule has 2 aliphatic rings. The number of imidazole rings is 1. The highest BCUT2D eigenvalue weighted by molar-refractivity contribution is 6.03. The number of rotatable bonds is 6. The highest BCUT2D eigenvalue weighted by Crippen LogP contribution is 2.37. The zero-order valence-corrected chi connectivity index (χ0v) is 25.8. The third kappa shape index (κ3) is 5.97. The van der Waals surface area contributed by atoms with E-state index in [4.69, 9.17) is 4.42 Å². The molecule has 13 heteroatoms. The molecular formula is C34H34F3N7O3. The fourth-order valence-corrected chi connectivity index (χ4v) is 6.78. The number of oxazole rings is 1. The molecule has 10 nitrogen and oxygen atoms in total. The van der Waals surface area contributed by atoms with Crippen molar-refractivity contribution in [2.24, 2.45) is 7.05 Å². The summed E-state index contributed by atoms with van der Waals surface area (Å²) in [7, 11) is 1.78. The van der Waals surface area contributed by atoms with E-state index in [2.05, 4.69) is 32.3 Å². The number of para-hydroxylation sites is 2. The quantitative estimate of drug-likeness (QED) is 0.234. The van der Waals surface area contributed by atoms with Crippen molar-refractivity contribution in [3.05, 3.63) is 100 Å². The first kappa shape index (κ1) is 30.6. The summed E-state index contributed by atoms with van der Waals surface area (Å²) in [4.78, 5) is 38.0. The first-order valence-corrected chi connectivity index (χ1v) is 15.7. The van der Waals surface area contributed by atoms with Crippen LogP contribution in [0.15, 0.2) is 82.1 Å². The van der Waals surface area contributed by atoms with Gasteiger partial charge in [-0.1, -0.05) is 42.5 Å². The van der Waals surface area contributed by atoms with E-state index < -0.39 is 23.5 Å². The molecule has 2 aromatic carbocycles. The number of aryl methyl sites for hydroxylation is 1. The number of pyridine rings is 1. The second-order valence-electron chi connectivity index (χ2n) is 12.1. The molecule has 2 saturated heterocycles. The minimum atomic E-state index is -4.87. The number of carbonyl (C=O) groups excluding carboxylic acids is 1. The van der Waals surface area contributed by atoms with Crippen LogP contribution in [-0.4, -0.2) is 51.2 Å². The van der Waals surface area contributed by atoms with Gasteiger partial charge in [-0.3, -0.25) is 13.9 Å². The maximum atomic E-state index is 13.9. The number of nitrogens with zero attached hydrogens (tertiary/aromatic N) is 6. The number of piperidine rings is 2. The van der Waals surface area contributed by atoms with E-state index in [0.29, 0.717) is 37.9 Å². The van der Waals surface area contributed by atoms with Crippen LogP contribution in [0, 0.1) is 0 Å². The molecule has 3 aromatic heterocycles. The number of aromatic nitrogens is 4. The molecule has 0 aliphatic carbocycles. The molecule has 47 heavy (non-hydrogen) atoms. The van der Waals surface area contributed by atoms with Gasteiger partial charge in [0.25, 0.3) is 11.9 Å². The molecule has 0 unspecified atom stereocenters. The van der Waals surface area contributed by atoms with Crippen LogP contribution < -0.4 is 20.8 Å². The minimum Gasteiger partial charge on any atom is -0.417 e. The molecule has 0 atom stereocenters. The van der Waals surface area contributed by atoms with E-state index in [1.807, 2.05) is 47.0 Å². The van der Waals surface area contributed by atoms with E-state index >= 15 is 0 Å². The summed E-state index contributed by atoms with van der Waals surface area (Å²) >= 11 is 0. The fraction of sp³-hybridized carbons (Fsp3) is 0.353. The Morgan fingerprint density at radius 3 is 2.19 bits per heavy atom. The Kier molecular flexibility index (Phi) is 7.98. The number of nitrogens with one attached hydrogen (secondary N) is 1. The highest BCUT2D eigenvalue weighted by Gasteiger charge is 2.42. The van der Waals surface area contributed by atoms with Crippen molar-refractivity contribution in [2.75, 3.05) is 41.3 Å². The normalized spacial score (nSPS) is 16.6. The van der Waals surface area contributed by atoms with Gasteiger partial charge in [0.05, 0.1) is 22.9 Å². The van der Waals surface area contributed by atoms with Crippen molar-refractivity contribution in [3.8, 4) is 0 Å². The van der Waals surface area contributed by atoms with Gasteiger partial charge in [-0.2, -0.15) is 18.2 Å². The topological polar surface area (TPSA) is 101 Å². The van der Waals surface area contributed by atoms with Crippen molar-refractivity contribution in [3.63, 3.8) is 0 Å². The molecule has 1 N–H and O–H groups in total. The SMILES string of the molecule is Cn1c(=O)n(C2CCN(c3ccc(NC(=O)c4oc(N5CCC(c6ccccc6)CC5)nc4C(F)(F)F)cn3)CC2)c2ccccc21. The van der Waals surface area contributed by atoms with Crippen molar-refractivity contribution >= 4 is 34.5 Å². The monoisotopic (exact) mass is 645 g/mol. The number of anilines is 3. The minimum absolute atomic E-state index is 0.0388. The fourth-order valence-electron chi connectivity index (χ4n) is 6.78. The second-order valence-corrected chi connectivity index (χ2v) is 12.1. The molecule has 1 amide bonds. The Hall–Kier alpha value is -5.07. The molecule has 7 rings (SSSR count). The number of benzene rings is 2. The van der Waals surface area contributed by atoms with Crippen LogP contribution in [0.3, 0.4) is 0 Å². The number of carbonyl (C=O) groups is 1. The Labute approximate surface area is 268 Å². The summed E-state index contributed by atoms with van der Waals surface area (Å²) in [5, 5.41) is 2.49. The van der Waals surface area contributed by atoms with Crippen LogP contribution in [0.5, 0.6) is 0 Å². The smallest absolute Gasteiger partial charge is 0.417 e. The largest absolute Gasteiger partial charge is 0.437 e. The van der Waals surface area contributed by atoms with Gasteiger partial charge in [0.2, 0.25) is 5.76 Å². The van der Waals surface area contributed by atoms with Crippen LogP contribution in [0.25, 0.3) is 11.0 Å². The van der Waals surface area contributed by atoms with Crippen LogP contribution >= 0.6 is 0 Å². The second kappa shape index (κ2) is 12.3. The number of halogens is 3. The lowest BCUT2D eigenvalue weighted by atomic mass is 9.90. The summed E-state index contributed by atoms with van der Waals surface area (Å²) in [5.74, 6) is -0.967. The van der Waals surface area contributed by atoms with Gasteiger partial charge in [-0.05, 0) is 61.4 Å². The number of amides is 1. The van der Waals surface area contributed by atoms with Gasteiger partial charge in [0.1, 0.15) is 5.82 Å². The van der Waals surface area contributed by atoms with Crippen LogP contribution in [-0.2, 0) is 13.2 Å². The maximum Gasteiger partial charge on any atom is 0.437 e. The third-order valence-electron chi connectivity index (χ3n) is 9.28. The highest BCUT2D eigenvalue weighted by atomic mass is 19.4. The van der Waals surface area contributed by atoms with Crippen LogP contribution in [0.1, 0.15) is 59.5 Å². The molecule has 0 radical (unpaired) electrons. The Balaban J connectivity index is 0.999. The summed E-state index contributed by atoms with van der Waals surface area (Å²) in [6.45, 7) is 2.24. The van der Waals surface area contributed by atoms with Crippen molar-refractivity contribution < 1.29 is 22.4 Å². The molecule has 0 saturated carbocycles. The first-order chi connectivity index (χ1) is 22.7. The molecule has 244 valence electrons. The van der Waals surface area contributed by atoms with Crippen molar-refractivity contribution in [1.82, 2.24) is 19.1 Å². The standard InChI is InChI=1S/C34H34F3N7O3/c1-41-26-9-5-6-10-27(26)44(33(41)46)25-15-19-42(20-16-25)28-12-11-24(21-38-28)39-31(45)29-30(34(35,36)37)40-32(47-29)43-17-13-23(14-18-43)22-7-3-2-4-8-22/h2-12,21,23,25H,13-20H2,1H3,(H,39,45). The van der Waals surface area contributed by atoms with E-state index in [0.717, 1.165) is 36.7 Å².